The number of hydrogen-bond donors (Lipinski definition) is 5. The number of anilines is 3. The van der Waals surface area contributed by atoms with Crippen LogP contribution in [0.4, 0.5) is 17.5 Å². The third-order valence-corrected chi connectivity index (χ3v) is 26.6. The third-order valence-electron chi connectivity index (χ3n) is 23.9. The molecule has 2 saturated heterocycles. The number of nitrogens with one attached hydrogen (secondary N) is 5. The molecule has 0 radical (unpaired) electrons. The van der Waals surface area contributed by atoms with Crippen LogP contribution in [-0.2, 0) is 33.3 Å². The summed E-state index contributed by atoms with van der Waals surface area (Å²) in [5.41, 5.74) is 4.30. The van der Waals surface area contributed by atoms with Gasteiger partial charge in [-0.1, -0.05) is 72.3 Å². The van der Waals surface area contributed by atoms with E-state index in [4.69, 9.17) is 35.5 Å². The van der Waals surface area contributed by atoms with E-state index in [1.165, 1.54) is 74.2 Å². The lowest BCUT2D eigenvalue weighted by atomic mass is 9.93. The molecule has 2 atom stereocenters. The van der Waals surface area contributed by atoms with Gasteiger partial charge in [-0.15, -0.1) is 10.2 Å². The standard InChI is InChI=1S/C39H46ClN7O5S.C39H45N7O5S/c1-37(2)23-27(24-42-37)9-6-18-41-31-21-28(52-25-26-7-4-3-5-8-26)22-34(43-31)53(49,50)46-36(48)29-10-11-32(44-35(29)40)47-19-12-33(45-47)51-20-13-30-38(14-15-38)39(30)16-17-39;1-37(2)23-27-9-6-18-40-31-21-28(51-25-26-7-4-3-5-8-26)22-34(41-31)52(48,49)44-36(47)29-10-11-32(42-35(29)45(37)24-27)46-19-12-33(43-46)50-20-13-30-38(14-15-38)39(30)16-17-39/h3-5,7-8,10-12,19,21-22,27,30,42H,6,9,13-18,20,23-25H2,1-2H3,(H,41,43)(H,46,48);3-5,7-8,10-12,19,21-22,27,30H,6,9,13-18,20,23-25H2,1-2H3,(H,40,41)(H,44,47)/t2*27-/m00/s1. The third kappa shape index (κ3) is 14.7. The largest absolute Gasteiger partial charge is 0.489 e. The van der Waals surface area contributed by atoms with Gasteiger partial charge in [0.1, 0.15) is 47.3 Å². The van der Waals surface area contributed by atoms with Crippen LogP contribution in [0.2, 0.25) is 5.15 Å². The van der Waals surface area contributed by atoms with Gasteiger partial charge in [0, 0.05) is 79.5 Å². The van der Waals surface area contributed by atoms with Crippen molar-refractivity contribution in [1.29, 1.82) is 0 Å². The topological polar surface area (TPSA) is 290 Å². The fourth-order valence-electron chi connectivity index (χ4n) is 18.2. The second-order valence-corrected chi connectivity index (χ2v) is 35.3. The minimum absolute atomic E-state index is 0.116. The van der Waals surface area contributed by atoms with Gasteiger partial charge < -0.3 is 39.8 Å². The monoisotopic (exact) mass is 1480 g/mol. The van der Waals surface area contributed by atoms with E-state index < -0.39 is 31.9 Å². The second-order valence-electron chi connectivity index (χ2n) is 31.7. The number of rotatable bonds is 24. The highest BCUT2D eigenvalue weighted by atomic mass is 35.5. The summed E-state index contributed by atoms with van der Waals surface area (Å²) in [6.07, 6.45) is 22.4. The molecule has 6 aromatic heterocycles. The molecule has 9 aliphatic rings. The zero-order valence-corrected chi connectivity index (χ0v) is 62.2. The van der Waals surface area contributed by atoms with Gasteiger partial charge in [0.15, 0.2) is 21.7 Å². The van der Waals surface area contributed by atoms with Crippen molar-refractivity contribution < 1.29 is 45.4 Å². The SMILES string of the molecule is CC1(C)C[C@@H]2CCCNc3cc(OCc4ccccc4)cc(n3)S(=O)(=O)NC(=O)c3ccc(-n4ccc(OCCC5C6(CC6)C56CC6)n4)nc3N1C2.CC1(C)C[C@H](CCCNc2cc(OCc3ccccc3)cc(S(=O)(=O)NC(=O)c3ccc(-n4ccc(OCCC5C6(CC6)C56CC6)n4)nc3Cl)n2)CN1. The van der Waals surface area contributed by atoms with Crippen molar-refractivity contribution in [2.75, 3.05) is 54.9 Å². The molecule has 17 rings (SSSR count). The van der Waals surface area contributed by atoms with Crippen molar-refractivity contribution in [2.24, 2.45) is 45.3 Å². The molecule has 5 N–H and O–H groups in total. The molecule has 4 bridgehead atoms. The number of carbonyl (C=O) groups excluding carboxylic acids is 2. The average molecular weight is 1480 g/mol. The molecule has 2 aromatic carbocycles. The van der Waals surface area contributed by atoms with E-state index in [1.807, 2.05) is 72.9 Å². The lowest BCUT2D eigenvalue weighted by Gasteiger charge is -2.34. The van der Waals surface area contributed by atoms with Crippen LogP contribution in [0, 0.1) is 45.3 Å². The highest BCUT2D eigenvalue weighted by Crippen LogP contribution is 2.94. The number of pyridine rings is 4. The van der Waals surface area contributed by atoms with Crippen LogP contribution in [0.25, 0.3) is 11.6 Å². The van der Waals surface area contributed by atoms with Crippen LogP contribution in [-0.4, -0.2) is 119 Å². The van der Waals surface area contributed by atoms with E-state index in [2.05, 4.69) is 83.1 Å². The summed E-state index contributed by atoms with van der Waals surface area (Å²) in [5, 5.41) is 18.4. The van der Waals surface area contributed by atoms with Crippen LogP contribution < -0.4 is 49.2 Å². The van der Waals surface area contributed by atoms with Crippen molar-refractivity contribution in [3.05, 3.63) is 161 Å². The van der Waals surface area contributed by atoms with Crippen LogP contribution in [0.1, 0.15) is 162 Å². The van der Waals surface area contributed by atoms with Crippen LogP contribution in [0.15, 0.2) is 144 Å². The van der Waals surface area contributed by atoms with Crippen molar-refractivity contribution >= 4 is 60.9 Å². The molecule has 24 nitrogen and oxygen atoms in total. The first-order chi connectivity index (χ1) is 50.5. The van der Waals surface area contributed by atoms with Gasteiger partial charge in [0.05, 0.1) is 24.3 Å². The van der Waals surface area contributed by atoms with Gasteiger partial charge in [-0.2, -0.15) is 16.8 Å². The number of carbonyl (C=O) groups is 2. The molecule has 9 heterocycles. The normalized spacial score (nSPS) is 21.7. The number of aromatic nitrogens is 8. The maximum Gasteiger partial charge on any atom is 0.282 e. The summed E-state index contributed by atoms with van der Waals surface area (Å²) >= 11 is 6.44. The molecular formula is C78H91ClN14O10S2. The number of hydrogen-bond acceptors (Lipinski definition) is 20. The second kappa shape index (κ2) is 27.5. The summed E-state index contributed by atoms with van der Waals surface area (Å²) < 4.78 is 86.4. The highest BCUT2D eigenvalue weighted by Gasteiger charge is 2.86. The Hall–Kier alpha value is -8.85. The molecule has 27 heteroatoms. The minimum atomic E-state index is -4.44. The molecule has 6 saturated carbocycles. The Kier molecular flexibility index (Phi) is 18.4. The van der Waals surface area contributed by atoms with Gasteiger partial charge in [-0.3, -0.25) is 9.59 Å². The van der Waals surface area contributed by atoms with Gasteiger partial charge in [0.2, 0.25) is 11.8 Å². The Bertz CT molecular complexity index is 4790. The lowest BCUT2D eigenvalue weighted by Crippen LogP contribution is -2.41. The highest BCUT2D eigenvalue weighted by molar-refractivity contribution is 7.90. The summed E-state index contributed by atoms with van der Waals surface area (Å²) in [5.74, 6) is 4.41. The van der Waals surface area contributed by atoms with Crippen molar-refractivity contribution in [3.63, 3.8) is 0 Å². The first-order valence-electron chi connectivity index (χ1n) is 37.1. The predicted molar refractivity (Wildman–Crippen MR) is 396 cm³/mol. The van der Waals surface area contributed by atoms with E-state index in [0.717, 1.165) is 80.9 Å². The number of benzene rings is 2. The predicted octanol–water partition coefficient (Wildman–Crippen LogP) is 12.7. The van der Waals surface area contributed by atoms with Gasteiger partial charge in [-0.25, -0.2) is 38.7 Å². The number of nitrogens with zero attached hydrogens (tertiary/aromatic N) is 9. The van der Waals surface area contributed by atoms with Gasteiger partial charge in [-0.05, 0) is 218 Å². The number of halogens is 1. The first kappa shape index (κ1) is 70.5. The number of fused-ring (bicyclic) bond motifs is 8. The quantitative estimate of drug-likeness (QED) is 0.0277. The van der Waals surface area contributed by atoms with Crippen LogP contribution >= 0.6 is 11.6 Å². The summed E-state index contributed by atoms with van der Waals surface area (Å²) in [6, 6.07) is 35.0. The van der Waals surface area contributed by atoms with E-state index in [-0.39, 0.29) is 50.6 Å². The number of ether oxygens (including phenoxy) is 4. The molecule has 3 aliphatic heterocycles. The average Bonchev–Trinajstić information content (AvgIpc) is 1.45. The summed E-state index contributed by atoms with van der Waals surface area (Å²) in [4.78, 5) is 47.5. The molecule has 8 fully saturated rings. The number of sulfonamides is 2. The summed E-state index contributed by atoms with van der Waals surface area (Å²) in [6.45, 7) is 13.3. The van der Waals surface area contributed by atoms with Gasteiger partial charge in [0.25, 0.3) is 31.9 Å². The first-order valence-corrected chi connectivity index (χ1v) is 40.4. The van der Waals surface area contributed by atoms with Gasteiger partial charge >= 0.3 is 0 Å². The Labute approximate surface area is 618 Å². The molecule has 105 heavy (non-hydrogen) atoms. The van der Waals surface area contributed by atoms with E-state index in [0.29, 0.717) is 119 Å². The maximum absolute atomic E-state index is 14.0. The maximum atomic E-state index is 14.0. The lowest BCUT2D eigenvalue weighted by molar-refractivity contribution is 0.0972. The molecule has 0 unspecified atom stereocenters. The van der Waals surface area contributed by atoms with Crippen molar-refractivity contribution in [1.82, 2.24) is 54.3 Å². The molecule has 552 valence electrons. The molecule has 8 aromatic rings. The Morgan fingerprint density at radius 3 is 1.85 bits per heavy atom. The van der Waals surface area contributed by atoms with E-state index >= 15 is 0 Å². The molecule has 2 amide bonds. The Balaban J connectivity index is 0.000000161. The fraction of sp³-hybridized carbons (Fsp3) is 0.487. The van der Waals surface area contributed by atoms with Crippen LogP contribution in [0.5, 0.6) is 23.3 Å². The zero-order valence-electron chi connectivity index (χ0n) is 59.8. The number of amides is 2. The van der Waals surface area contributed by atoms with Crippen molar-refractivity contribution in [3.8, 4) is 34.9 Å². The van der Waals surface area contributed by atoms with Crippen LogP contribution in [0.3, 0.4) is 0 Å². The molecule has 6 aliphatic carbocycles. The zero-order chi connectivity index (χ0) is 72.6. The molecular weight excluding hydrogens is 1390 g/mol. The Morgan fingerprint density at radius 2 is 1.27 bits per heavy atom. The van der Waals surface area contributed by atoms with E-state index in [1.54, 1.807) is 47.3 Å². The molecule has 4 spiro atoms. The minimum Gasteiger partial charge on any atom is -0.489 e. The summed E-state index contributed by atoms with van der Waals surface area (Å²) in [7, 11) is -8.85. The smallest absolute Gasteiger partial charge is 0.282 e. The fourth-order valence-corrected chi connectivity index (χ4v) is 20.3. The van der Waals surface area contributed by atoms with E-state index in [9.17, 15) is 26.4 Å². The van der Waals surface area contributed by atoms with Crippen molar-refractivity contribution in [2.45, 2.75) is 165 Å². The Morgan fingerprint density at radius 1 is 0.676 bits per heavy atom.